The van der Waals surface area contributed by atoms with E-state index in [1.165, 1.54) is 0 Å². The summed E-state index contributed by atoms with van der Waals surface area (Å²) >= 11 is 0. The van der Waals surface area contributed by atoms with Gasteiger partial charge in [-0.3, -0.25) is 4.98 Å². The molecule has 0 unspecified atom stereocenters. The molecule has 0 radical (unpaired) electrons. The molecule has 108 valence electrons. The number of hydrogen-bond donors (Lipinski definition) is 2. The molecule has 19 heavy (non-hydrogen) atoms. The van der Waals surface area contributed by atoms with Gasteiger partial charge in [0, 0.05) is 18.9 Å². The van der Waals surface area contributed by atoms with Crippen molar-refractivity contribution in [2.45, 2.75) is 26.2 Å². The molecule has 0 aliphatic carbocycles. The summed E-state index contributed by atoms with van der Waals surface area (Å²) in [5, 5.41) is 3.18. The number of aromatic nitrogens is 1. The van der Waals surface area contributed by atoms with Crippen LogP contribution in [0.5, 0.6) is 0 Å². The molecule has 0 saturated carbocycles. The maximum absolute atomic E-state index is 11.7. The Morgan fingerprint density at radius 2 is 2.11 bits per heavy atom. The molecule has 1 aromatic rings. The number of sulfonamides is 1. The Morgan fingerprint density at radius 1 is 1.26 bits per heavy atom. The minimum Gasteiger partial charge on any atom is -0.317 e. The third-order valence-electron chi connectivity index (χ3n) is 2.73. The smallest absolute Gasteiger partial charge is 0.211 e. The van der Waals surface area contributed by atoms with Crippen LogP contribution in [0.3, 0.4) is 0 Å². The van der Waals surface area contributed by atoms with Crippen LogP contribution in [0, 0.1) is 0 Å². The lowest BCUT2D eigenvalue weighted by atomic mass is 10.2. The Bertz CT molecular complexity index is 434. The molecule has 6 heteroatoms. The number of nitrogens with zero attached hydrogens (tertiary/aromatic N) is 1. The van der Waals surface area contributed by atoms with E-state index in [2.05, 4.69) is 15.0 Å². The Hall–Kier alpha value is -0.980. The fourth-order valence-corrected chi connectivity index (χ4v) is 2.83. The molecule has 0 spiro atoms. The molecule has 0 saturated heterocycles. The Morgan fingerprint density at radius 3 is 2.79 bits per heavy atom. The molecule has 5 nitrogen and oxygen atoms in total. The molecular weight excluding hydrogens is 262 g/mol. The first-order valence-corrected chi connectivity index (χ1v) is 8.36. The average Bonchev–Trinajstić information content (AvgIpc) is 2.39. The zero-order chi connectivity index (χ0) is 14.0. The fraction of sp³-hybridized carbons (Fsp3) is 0.615. The monoisotopic (exact) mass is 285 g/mol. The maximum Gasteiger partial charge on any atom is 0.211 e. The van der Waals surface area contributed by atoms with Crippen LogP contribution in [0.25, 0.3) is 0 Å². The van der Waals surface area contributed by atoms with Gasteiger partial charge in [-0.2, -0.15) is 0 Å². The topological polar surface area (TPSA) is 71.1 Å². The van der Waals surface area contributed by atoms with Crippen LogP contribution in [0.15, 0.2) is 24.5 Å². The lowest BCUT2D eigenvalue weighted by molar-refractivity contribution is 0.574. The number of hydrogen-bond acceptors (Lipinski definition) is 4. The summed E-state index contributed by atoms with van der Waals surface area (Å²) in [6, 6.07) is 3.79. The van der Waals surface area contributed by atoms with Crippen LogP contribution in [-0.2, 0) is 16.4 Å². The molecule has 1 rings (SSSR count). The molecule has 0 aliphatic heterocycles. The van der Waals surface area contributed by atoms with Crippen LogP contribution in [0.4, 0.5) is 0 Å². The van der Waals surface area contributed by atoms with E-state index < -0.39 is 10.0 Å². The van der Waals surface area contributed by atoms with Crippen molar-refractivity contribution in [3.8, 4) is 0 Å². The SMILES string of the molecule is CCNCCCCS(=O)(=O)NCCc1cccnc1. The summed E-state index contributed by atoms with van der Waals surface area (Å²) < 4.78 is 26.0. The highest BCUT2D eigenvalue weighted by molar-refractivity contribution is 7.89. The van der Waals surface area contributed by atoms with Crippen LogP contribution in [-0.4, -0.2) is 38.8 Å². The van der Waals surface area contributed by atoms with Gasteiger partial charge >= 0.3 is 0 Å². The molecule has 2 N–H and O–H groups in total. The van der Waals surface area contributed by atoms with Crippen LogP contribution in [0.1, 0.15) is 25.3 Å². The van der Waals surface area contributed by atoms with Crippen molar-refractivity contribution in [2.75, 3.05) is 25.4 Å². The number of unbranched alkanes of at least 4 members (excludes halogenated alkanes) is 1. The number of nitrogens with one attached hydrogen (secondary N) is 2. The second kappa shape index (κ2) is 9.01. The maximum atomic E-state index is 11.7. The molecule has 0 aromatic carbocycles. The molecule has 0 atom stereocenters. The highest BCUT2D eigenvalue weighted by Gasteiger charge is 2.08. The summed E-state index contributed by atoms with van der Waals surface area (Å²) in [7, 11) is -3.14. The van der Waals surface area contributed by atoms with E-state index in [0.29, 0.717) is 19.4 Å². The Balaban J connectivity index is 2.16. The van der Waals surface area contributed by atoms with Gasteiger partial charge in [0.1, 0.15) is 0 Å². The Labute approximate surface area is 115 Å². The first-order chi connectivity index (χ1) is 9.14. The summed E-state index contributed by atoms with van der Waals surface area (Å²) in [6.45, 7) is 4.27. The minimum atomic E-state index is -3.14. The molecule has 1 heterocycles. The predicted octanol–water partition coefficient (Wildman–Crippen LogP) is 0.933. The van der Waals surface area contributed by atoms with Gasteiger partial charge in [0.05, 0.1) is 5.75 Å². The van der Waals surface area contributed by atoms with Gasteiger partial charge in [-0.25, -0.2) is 13.1 Å². The van der Waals surface area contributed by atoms with Crippen molar-refractivity contribution >= 4 is 10.0 Å². The lowest BCUT2D eigenvalue weighted by Gasteiger charge is -2.06. The van der Waals surface area contributed by atoms with Crippen molar-refractivity contribution in [1.29, 1.82) is 0 Å². The van der Waals surface area contributed by atoms with Crippen LogP contribution < -0.4 is 10.0 Å². The normalized spacial score (nSPS) is 11.6. The molecule has 0 amide bonds. The van der Waals surface area contributed by atoms with E-state index in [1.807, 2.05) is 19.1 Å². The summed E-state index contributed by atoms with van der Waals surface area (Å²) in [6.07, 6.45) is 5.71. The second-order valence-corrected chi connectivity index (χ2v) is 6.31. The standard InChI is InChI=1S/C13H23N3O2S/c1-2-14-8-3-4-11-19(17,18)16-10-7-13-6-5-9-15-12-13/h5-6,9,12,14,16H,2-4,7-8,10-11H2,1H3. The number of rotatable bonds is 10. The quantitative estimate of drug-likeness (QED) is 0.628. The zero-order valence-electron chi connectivity index (χ0n) is 11.4. The summed E-state index contributed by atoms with van der Waals surface area (Å²) in [5.41, 5.74) is 1.04. The van der Waals surface area contributed by atoms with Gasteiger partial charge < -0.3 is 5.32 Å². The van der Waals surface area contributed by atoms with E-state index in [9.17, 15) is 8.42 Å². The largest absolute Gasteiger partial charge is 0.317 e. The predicted molar refractivity (Wildman–Crippen MR) is 77.5 cm³/mol. The molecule has 1 aromatic heterocycles. The van der Waals surface area contributed by atoms with Crippen LogP contribution >= 0.6 is 0 Å². The average molecular weight is 285 g/mol. The van der Waals surface area contributed by atoms with E-state index in [1.54, 1.807) is 12.4 Å². The number of pyridine rings is 1. The lowest BCUT2D eigenvalue weighted by Crippen LogP contribution is -2.28. The van der Waals surface area contributed by atoms with E-state index >= 15 is 0 Å². The van der Waals surface area contributed by atoms with Gasteiger partial charge in [0.2, 0.25) is 10.0 Å². The molecule has 0 fully saturated rings. The zero-order valence-corrected chi connectivity index (χ0v) is 12.2. The van der Waals surface area contributed by atoms with Gasteiger partial charge in [-0.15, -0.1) is 0 Å². The van der Waals surface area contributed by atoms with E-state index in [0.717, 1.165) is 25.1 Å². The van der Waals surface area contributed by atoms with Gasteiger partial charge in [0.15, 0.2) is 0 Å². The van der Waals surface area contributed by atoms with E-state index in [4.69, 9.17) is 0 Å². The Kier molecular flexibility index (Phi) is 7.62. The van der Waals surface area contributed by atoms with Gasteiger partial charge in [-0.1, -0.05) is 13.0 Å². The summed E-state index contributed by atoms with van der Waals surface area (Å²) in [4.78, 5) is 3.99. The third kappa shape index (κ3) is 7.92. The first kappa shape index (κ1) is 16.1. The van der Waals surface area contributed by atoms with Crippen molar-refractivity contribution < 1.29 is 8.42 Å². The van der Waals surface area contributed by atoms with Crippen molar-refractivity contribution in [3.63, 3.8) is 0 Å². The molecule has 0 aliphatic rings. The first-order valence-electron chi connectivity index (χ1n) is 6.71. The fourth-order valence-electron chi connectivity index (χ4n) is 1.69. The third-order valence-corrected chi connectivity index (χ3v) is 4.20. The highest BCUT2D eigenvalue weighted by Crippen LogP contribution is 1.98. The summed E-state index contributed by atoms with van der Waals surface area (Å²) in [5.74, 6) is 0.200. The van der Waals surface area contributed by atoms with Crippen molar-refractivity contribution in [2.24, 2.45) is 0 Å². The van der Waals surface area contributed by atoms with Gasteiger partial charge in [-0.05, 0) is 44.0 Å². The van der Waals surface area contributed by atoms with Crippen molar-refractivity contribution in [1.82, 2.24) is 15.0 Å². The molecular formula is C13H23N3O2S. The van der Waals surface area contributed by atoms with Gasteiger partial charge in [0.25, 0.3) is 0 Å². The van der Waals surface area contributed by atoms with E-state index in [-0.39, 0.29) is 5.75 Å². The van der Waals surface area contributed by atoms with Crippen LogP contribution in [0.2, 0.25) is 0 Å². The second-order valence-electron chi connectivity index (χ2n) is 4.39. The van der Waals surface area contributed by atoms with Crippen molar-refractivity contribution in [3.05, 3.63) is 30.1 Å². The molecule has 0 bridgehead atoms. The minimum absolute atomic E-state index is 0.200. The highest BCUT2D eigenvalue weighted by atomic mass is 32.2.